The van der Waals surface area contributed by atoms with E-state index in [1.165, 1.54) is 23.0 Å². The minimum Gasteiger partial charge on any atom is -0.451 e. The summed E-state index contributed by atoms with van der Waals surface area (Å²) in [6, 6.07) is 15.6. The third-order valence-electron chi connectivity index (χ3n) is 5.51. The fraction of sp³-hybridized carbons (Fsp3) is 0.208. The van der Waals surface area contributed by atoms with Crippen LogP contribution in [0.3, 0.4) is 0 Å². The van der Waals surface area contributed by atoms with Crippen molar-refractivity contribution < 1.29 is 9.21 Å². The van der Waals surface area contributed by atoms with Crippen molar-refractivity contribution in [2.75, 3.05) is 23.3 Å². The third kappa shape index (κ3) is 3.88. The quantitative estimate of drug-likeness (QED) is 0.337. The first-order valence-corrected chi connectivity index (χ1v) is 11.3. The molecule has 0 spiro atoms. The predicted molar refractivity (Wildman–Crippen MR) is 124 cm³/mol. The highest BCUT2D eigenvalue weighted by Gasteiger charge is 2.23. The van der Waals surface area contributed by atoms with Crippen molar-refractivity contribution in [3.05, 3.63) is 77.8 Å². The van der Waals surface area contributed by atoms with E-state index in [1.54, 1.807) is 18.5 Å². The van der Waals surface area contributed by atoms with Gasteiger partial charge in [-0.05, 0) is 43.2 Å². The molecule has 5 rings (SSSR count). The van der Waals surface area contributed by atoms with E-state index in [0.717, 1.165) is 36.1 Å². The number of furan rings is 1. The monoisotopic (exact) mass is 430 g/mol. The fourth-order valence-electron chi connectivity index (χ4n) is 3.96. The molecule has 31 heavy (non-hydrogen) atoms. The molecular weight excluding hydrogens is 408 g/mol. The topological polar surface area (TPSA) is 71.3 Å². The Morgan fingerprint density at radius 1 is 1.16 bits per heavy atom. The van der Waals surface area contributed by atoms with Crippen LogP contribution >= 0.6 is 11.8 Å². The molecule has 0 saturated heterocycles. The van der Waals surface area contributed by atoms with Crippen LogP contribution in [-0.2, 0) is 12.2 Å². The minimum atomic E-state index is -0.248. The lowest BCUT2D eigenvalue weighted by Crippen LogP contribution is -2.19. The molecule has 0 atom stereocenters. The molecule has 3 heterocycles. The molecule has 2 aromatic heterocycles. The number of likely N-dealkylation sites (N-methyl/N-ethyl adjacent to an activating group) is 1. The van der Waals surface area contributed by atoms with Gasteiger partial charge in [-0.3, -0.25) is 4.79 Å². The van der Waals surface area contributed by atoms with Gasteiger partial charge >= 0.3 is 0 Å². The molecule has 6 nitrogen and oxygen atoms in total. The van der Waals surface area contributed by atoms with E-state index in [9.17, 15) is 4.79 Å². The highest BCUT2D eigenvalue weighted by molar-refractivity contribution is 7.98. The van der Waals surface area contributed by atoms with Crippen LogP contribution in [0.25, 0.3) is 11.0 Å². The zero-order valence-electron chi connectivity index (χ0n) is 17.2. The summed E-state index contributed by atoms with van der Waals surface area (Å²) in [7, 11) is 0. The van der Waals surface area contributed by atoms with E-state index in [1.807, 2.05) is 30.3 Å². The van der Waals surface area contributed by atoms with E-state index in [0.29, 0.717) is 22.3 Å². The minimum absolute atomic E-state index is 0.248. The summed E-state index contributed by atoms with van der Waals surface area (Å²) in [5, 5.41) is 4.63. The second-order valence-electron chi connectivity index (χ2n) is 7.35. The first kappa shape index (κ1) is 19.6. The van der Waals surface area contributed by atoms with E-state index in [2.05, 4.69) is 39.2 Å². The lowest BCUT2D eigenvalue weighted by atomic mass is 10.1. The lowest BCUT2D eigenvalue weighted by molar-refractivity contribution is 0.0998. The van der Waals surface area contributed by atoms with Crippen molar-refractivity contribution >= 4 is 40.0 Å². The molecule has 2 aromatic carbocycles. The largest absolute Gasteiger partial charge is 0.451 e. The van der Waals surface area contributed by atoms with Crippen molar-refractivity contribution in [2.24, 2.45) is 0 Å². The van der Waals surface area contributed by atoms with Gasteiger partial charge in [-0.2, -0.15) is 0 Å². The van der Waals surface area contributed by atoms with Crippen LogP contribution in [0.4, 0.5) is 11.4 Å². The van der Waals surface area contributed by atoms with Gasteiger partial charge in [0, 0.05) is 53.6 Å². The Labute approximate surface area is 184 Å². The Bertz CT molecular complexity index is 1240. The van der Waals surface area contributed by atoms with Gasteiger partial charge in [0.25, 0.3) is 5.91 Å². The van der Waals surface area contributed by atoms with Crippen molar-refractivity contribution in [1.29, 1.82) is 0 Å². The molecule has 7 heteroatoms. The average molecular weight is 431 g/mol. The second kappa shape index (κ2) is 8.43. The van der Waals surface area contributed by atoms with E-state index >= 15 is 0 Å². The number of nitrogens with zero attached hydrogens (tertiary/aromatic N) is 3. The third-order valence-corrected chi connectivity index (χ3v) is 6.41. The van der Waals surface area contributed by atoms with Gasteiger partial charge in [0.15, 0.2) is 10.9 Å². The highest BCUT2D eigenvalue weighted by Crippen LogP contribution is 2.33. The molecule has 4 aromatic rings. The van der Waals surface area contributed by atoms with E-state index in [-0.39, 0.29) is 5.91 Å². The summed E-state index contributed by atoms with van der Waals surface area (Å²) in [5.41, 5.74) is 4.84. The number of para-hydroxylation sites is 1. The van der Waals surface area contributed by atoms with Crippen LogP contribution in [0.5, 0.6) is 0 Å². The molecule has 0 fully saturated rings. The average Bonchev–Trinajstić information content (AvgIpc) is 3.39. The molecule has 1 aliphatic heterocycles. The Kier molecular flexibility index (Phi) is 5.34. The van der Waals surface area contributed by atoms with Crippen LogP contribution in [0.2, 0.25) is 0 Å². The number of aromatic nitrogens is 2. The summed E-state index contributed by atoms with van der Waals surface area (Å²) in [4.78, 5) is 24.1. The van der Waals surface area contributed by atoms with Gasteiger partial charge in [0.05, 0.1) is 0 Å². The van der Waals surface area contributed by atoms with Crippen LogP contribution in [0.15, 0.2) is 70.5 Å². The van der Waals surface area contributed by atoms with Gasteiger partial charge < -0.3 is 14.6 Å². The molecule has 156 valence electrons. The maximum absolute atomic E-state index is 13.2. The molecule has 0 aliphatic carbocycles. The molecule has 0 unspecified atom stereocenters. The summed E-state index contributed by atoms with van der Waals surface area (Å²) in [6.45, 7) is 4.13. The Balaban J connectivity index is 1.43. The van der Waals surface area contributed by atoms with Crippen LogP contribution in [0, 0.1) is 0 Å². The van der Waals surface area contributed by atoms with Crippen LogP contribution in [0.1, 0.15) is 28.6 Å². The number of rotatable bonds is 6. The Hall–Kier alpha value is -3.32. The molecule has 1 aliphatic rings. The highest BCUT2D eigenvalue weighted by atomic mass is 32.2. The second-order valence-corrected chi connectivity index (χ2v) is 8.30. The van der Waals surface area contributed by atoms with Gasteiger partial charge in [0.2, 0.25) is 0 Å². The fourth-order valence-corrected chi connectivity index (χ4v) is 4.79. The summed E-state index contributed by atoms with van der Waals surface area (Å²) < 4.78 is 5.98. The Morgan fingerprint density at radius 3 is 2.84 bits per heavy atom. The number of carbonyl (C=O) groups excluding carboxylic acids is 1. The number of anilines is 2. The zero-order chi connectivity index (χ0) is 21.2. The van der Waals surface area contributed by atoms with Crippen molar-refractivity contribution in [2.45, 2.75) is 24.3 Å². The standard InChI is InChI=1S/C24H22N4O2S/c1-2-28-13-10-16-8-9-17(14-20(16)28)27-23(29)22-19(15-31-24-25-11-5-12-26-24)18-6-3-4-7-21(18)30-22/h3-9,11-12,14H,2,10,13,15H2,1H3,(H,27,29). The van der Waals surface area contributed by atoms with Crippen molar-refractivity contribution in [3.8, 4) is 0 Å². The van der Waals surface area contributed by atoms with E-state index < -0.39 is 0 Å². The van der Waals surface area contributed by atoms with Crippen molar-refractivity contribution in [3.63, 3.8) is 0 Å². The van der Waals surface area contributed by atoms with Crippen LogP contribution < -0.4 is 10.2 Å². The molecule has 1 amide bonds. The molecular formula is C24H22N4O2S. The normalized spacial score (nSPS) is 12.9. The number of hydrogen-bond acceptors (Lipinski definition) is 6. The molecule has 1 N–H and O–H groups in total. The number of fused-ring (bicyclic) bond motifs is 2. The predicted octanol–water partition coefficient (Wildman–Crippen LogP) is 5.15. The van der Waals surface area contributed by atoms with Gasteiger partial charge in [-0.25, -0.2) is 9.97 Å². The molecule has 0 saturated carbocycles. The summed E-state index contributed by atoms with van der Waals surface area (Å²) >= 11 is 1.48. The summed E-state index contributed by atoms with van der Waals surface area (Å²) in [5.74, 6) is 0.622. The van der Waals surface area contributed by atoms with E-state index in [4.69, 9.17) is 4.42 Å². The SMILES string of the molecule is CCN1CCc2ccc(NC(=O)c3oc4ccccc4c3CSc3ncccn3)cc21. The Morgan fingerprint density at radius 2 is 2.00 bits per heavy atom. The maximum Gasteiger partial charge on any atom is 0.291 e. The lowest BCUT2D eigenvalue weighted by Gasteiger charge is -2.17. The smallest absolute Gasteiger partial charge is 0.291 e. The molecule has 0 radical (unpaired) electrons. The summed E-state index contributed by atoms with van der Waals surface area (Å²) in [6.07, 6.45) is 4.47. The number of thioether (sulfide) groups is 1. The van der Waals surface area contributed by atoms with Crippen LogP contribution in [-0.4, -0.2) is 29.0 Å². The maximum atomic E-state index is 13.2. The number of nitrogens with one attached hydrogen (secondary N) is 1. The number of benzene rings is 2. The zero-order valence-corrected chi connectivity index (χ0v) is 18.0. The number of carbonyl (C=O) groups is 1. The molecule has 0 bridgehead atoms. The number of amides is 1. The van der Waals surface area contributed by atoms with Gasteiger partial charge in [-0.1, -0.05) is 36.0 Å². The first-order chi connectivity index (χ1) is 15.2. The van der Waals surface area contributed by atoms with Gasteiger partial charge in [0.1, 0.15) is 5.58 Å². The van der Waals surface area contributed by atoms with Gasteiger partial charge in [-0.15, -0.1) is 0 Å². The number of hydrogen-bond donors (Lipinski definition) is 1. The first-order valence-electron chi connectivity index (χ1n) is 10.3. The van der Waals surface area contributed by atoms with Crippen molar-refractivity contribution in [1.82, 2.24) is 9.97 Å².